The zero-order chi connectivity index (χ0) is 10.5. The molecule has 0 spiro atoms. The first kappa shape index (κ1) is 9.24. The van der Waals surface area contributed by atoms with Crippen LogP contribution in [0.3, 0.4) is 0 Å². The van der Waals surface area contributed by atoms with E-state index in [9.17, 15) is 9.59 Å². The molecular weight excluding hydrogens is 184 g/mol. The fourth-order valence-electron chi connectivity index (χ4n) is 2.51. The van der Waals surface area contributed by atoms with Crippen molar-refractivity contribution in [2.75, 3.05) is 0 Å². The Hall–Kier alpha value is -1.32. The van der Waals surface area contributed by atoms with E-state index in [4.69, 9.17) is 9.84 Å². The number of hydrogen-bond acceptors (Lipinski definition) is 3. The maximum atomic E-state index is 11.3. The highest BCUT2D eigenvalue weighted by molar-refractivity contribution is 5.96. The van der Waals surface area contributed by atoms with Crippen LogP contribution in [-0.4, -0.2) is 22.6 Å². The summed E-state index contributed by atoms with van der Waals surface area (Å²) < 4.78 is 5.11. The topological polar surface area (TPSA) is 63.6 Å². The smallest absolute Gasteiger partial charge is 0.321 e. The molecule has 4 nitrogen and oxygen atoms in total. The Labute approximate surface area is 81.6 Å². The number of esters is 1. The van der Waals surface area contributed by atoms with Crippen LogP contribution < -0.4 is 0 Å². The van der Waals surface area contributed by atoms with Gasteiger partial charge in [0.25, 0.3) is 0 Å². The minimum Gasteiger partial charge on any atom is -0.481 e. The van der Waals surface area contributed by atoms with Crippen molar-refractivity contribution in [3.8, 4) is 0 Å². The molecule has 0 bridgehead atoms. The average molecular weight is 196 g/mol. The van der Waals surface area contributed by atoms with Crippen molar-refractivity contribution in [2.45, 2.75) is 19.4 Å². The molecule has 2 rings (SSSR count). The second-order valence-electron chi connectivity index (χ2n) is 4.16. The van der Waals surface area contributed by atoms with Gasteiger partial charge in [-0.2, -0.15) is 0 Å². The van der Waals surface area contributed by atoms with Gasteiger partial charge in [0.05, 0.1) is 0 Å². The van der Waals surface area contributed by atoms with E-state index in [1.54, 1.807) is 13.0 Å². The monoisotopic (exact) mass is 196 g/mol. The molecule has 0 saturated carbocycles. The molecule has 1 heterocycles. The number of allylic oxidation sites excluding steroid dienone is 1. The fraction of sp³-hybridized carbons (Fsp3) is 0.600. The number of carbonyl (C=O) groups excluding carboxylic acids is 1. The number of ether oxygens (including phenoxy) is 1. The molecule has 0 amide bonds. The summed E-state index contributed by atoms with van der Waals surface area (Å²) in [7, 11) is 0. The molecule has 0 radical (unpaired) electrons. The van der Waals surface area contributed by atoms with E-state index >= 15 is 0 Å². The quantitative estimate of drug-likeness (QED) is 0.383. The van der Waals surface area contributed by atoms with E-state index in [0.717, 1.165) is 0 Å². The Morgan fingerprint density at radius 1 is 1.64 bits per heavy atom. The van der Waals surface area contributed by atoms with Crippen molar-refractivity contribution < 1.29 is 19.4 Å². The van der Waals surface area contributed by atoms with Crippen LogP contribution in [0.5, 0.6) is 0 Å². The first-order chi connectivity index (χ1) is 6.46. The standard InChI is InChI=1S/C10H12O4/c1-5-3-4-10(2)7(5)6(8(11)12)9(13)14-10/h3-7H,1-2H3,(H,11,12)/t5-,6+,7-,10-/m0/s1. The maximum absolute atomic E-state index is 11.3. The summed E-state index contributed by atoms with van der Waals surface area (Å²) in [6.07, 6.45) is 3.70. The zero-order valence-corrected chi connectivity index (χ0v) is 8.06. The van der Waals surface area contributed by atoms with Crippen LogP contribution in [0.1, 0.15) is 13.8 Å². The second-order valence-corrected chi connectivity index (χ2v) is 4.16. The summed E-state index contributed by atoms with van der Waals surface area (Å²) >= 11 is 0. The average Bonchev–Trinajstić information content (AvgIpc) is 2.46. The van der Waals surface area contributed by atoms with Crippen molar-refractivity contribution in [3.05, 3.63) is 12.2 Å². The molecule has 1 fully saturated rings. The molecule has 0 unspecified atom stereocenters. The number of carboxylic acids is 1. The van der Waals surface area contributed by atoms with Crippen molar-refractivity contribution >= 4 is 11.9 Å². The predicted octanol–water partition coefficient (Wildman–Crippen LogP) is 0.825. The molecule has 1 aliphatic carbocycles. The zero-order valence-electron chi connectivity index (χ0n) is 8.06. The molecule has 1 saturated heterocycles. The lowest BCUT2D eigenvalue weighted by Gasteiger charge is -2.23. The molecule has 4 heteroatoms. The van der Waals surface area contributed by atoms with Gasteiger partial charge in [0.15, 0.2) is 5.92 Å². The molecule has 1 aliphatic heterocycles. The van der Waals surface area contributed by atoms with Crippen molar-refractivity contribution in [1.82, 2.24) is 0 Å². The van der Waals surface area contributed by atoms with Crippen LogP contribution in [-0.2, 0) is 14.3 Å². The van der Waals surface area contributed by atoms with Gasteiger partial charge >= 0.3 is 11.9 Å². The Bertz CT molecular complexity index is 333. The molecule has 0 aromatic heterocycles. The van der Waals surface area contributed by atoms with Crippen LogP contribution in [0.25, 0.3) is 0 Å². The Morgan fingerprint density at radius 2 is 2.29 bits per heavy atom. The van der Waals surface area contributed by atoms with Gasteiger partial charge in [-0.05, 0) is 18.9 Å². The molecule has 0 aromatic carbocycles. The number of fused-ring (bicyclic) bond motifs is 1. The van der Waals surface area contributed by atoms with Gasteiger partial charge in [0.2, 0.25) is 0 Å². The molecule has 14 heavy (non-hydrogen) atoms. The number of carboxylic acid groups (broad SMARTS) is 1. The van der Waals surface area contributed by atoms with Crippen molar-refractivity contribution in [2.24, 2.45) is 17.8 Å². The van der Waals surface area contributed by atoms with Gasteiger partial charge < -0.3 is 9.84 Å². The molecule has 0 aromatic rings. The lowest BCUT2D eigenvalue weighted by molar-refractivity contribution is -0.154. The number of aliphatic carboxylic acids is 1. The van der Waals surface area contributed by atoms with Crippen LogP contribution >= 0.6 is 0 Å². The Morgan fingerprint density at radius 3 is 2.86 bits per heavy atom. The maximum Gasteiger partial charge on any atom is 0.321 e. The van der Waals surface area contributed by atoms with Gasteiger partial charge in [-0.25, -0.2) is 0 Å². The third kappa shape index (κ3) is 0.997. The number of hydrogen-bond donors (Lipinski definition) is 1. The van der Waals surface area contributed by atoms with E-state index in [1.165, 1.54) is 0 Å². The van der Waals surface area contributed by atoms with Gasteiger partial charge in [-0.1, -0.05) is 13.0 Å². The summed E-state index contributed by atoms with van der Waals surface area (Å²) in [4.78, 5) is 22.3. The minimum absolute atomic E-state index is 0.0764. The first-order valence-electron chi connectivity index (χ1n) is 4.61. The first-order valence-corrected chi connectivity index (χ1v) is 4.61. The van der Waals surface area contributed by atoms with E-state index in [2.05, 4.69) is 0 Å². The lowest BCUT2D eigenvalue weighted by Crippen LogP contribution is -2.34. The molecule has 2 aliphatic rings. The van der Waals surface area contributed by atoms with Crippen LogP contribution in [0.4, 0.5) is 0 Å². The summed E-state index contributed by atoms with van der Waals surface area (Å²) in [5.74, 6) is -2.88. The van der Waals surface area contributed by atoms with Crippen LogP contribution in [0, 0.1) is 17.8 Å². The van der Waals surface area contributed by atoms with Gasteiger partial charge in [-0.15, -0.1) is 0 Å². The Balaban J connectivity index is 2.39. The summed E-state index contributed by atoms with van der Waals surface area (Å²) in [6.45, 7) is 3.67. The summed E-state index contributed by atoms with van der Waals surface area (Å²) in [5, 5.41) is 8.93. The summed E-state index contributed by atoms with van der Waals surface area (Å²) in [6, 6.07) is 0. The van der Waals surface area contributed by atoms with E-state index in [1.807, 2.05) is 13.0 Å². The van der Waals surface area contributed by atoms with E-state index in [0.29, 0.717) is 0 Å². The van der Waals surface area contributed by atoms with Crippen LogP contribution in [0.15, 0.2) is 12.2 Å². The number of rotatable bonds is 1. The van der Waals surface area contributed by atoms with Crippen molar-refractivity contribution in [1.29, 1.82) is 0 Å². The minimum atomic E-state index is -1.08. The van der Waals surface area contributed by atoms with E-state index in [-0.39, 0.29) is 11.8 Å². The number of carbonyl (C=O) groups is 2. The lowest BCUT2D eigenvalue weighted by atomic mass is 9.79. The molecule has 76 valence electrons. The second kappa shape index (κ2) is 2.59. The highest BCUT2D eigenvalue weighted by Gasteiger charge is 2.58. The highest BCUT2D eigenvalue weighted by Crippen LogP contribution is 2.47. The third-order valence-corrected chi connectivity index (χ3v) is 3.16. The van der Waals surface area contributed by atoms with Gasteiger partial charge in [0.1, 0.15) is 5.60 Å². The fourth-order valence-corrected chi connectivity index (χ4v) is 2.51. The molecule has 1 N–H and O–H groups in total. The normalized spacial score (nSPS) is 45.0. The van der Waals surface area contributed by atoms with Crippen molar-refractivity contribution in [3.63, 3.8) is 0 Å². The van der Waals surface area contributed by atoms with E-state index < -0.39 is 23.5 Å². The predicted molar refractivity (Wildman–Crippen MR) is 47.4 cm³/mol. The third-order valence-electron chi connectivity index (χ3n) is 3.16. The SMILES string of the molecule is C[C@H]1C=C[C@]2(C)OC(=O)[C@@H](C(=O)O)[C@H]12. The Kier molecular flexibility index (Phi) is 1.71. The largest absolute Gasteiger partial charge is 0.481 e. The van der Waals surface area contributed by atoms with Crippen LogP contribution in [0.2, 0.25) is 0 Å². The van der Waals surface area contributed by atoms with Gasteiger partial charge in [0, 0.05) is 5.92 Å². The summed E-state index contributed by atoms with van der Waals surface area (Å²) in [5.41, 5.74) is -0.709. The van der Waals surface area contributed by atoms with Gasteiger partial charge in [-0.3, -0.25) is 9.59 Å². The highest BCUT2D eigenvalue weighted by atomic mass is 16.6. The molecular formula is C10H12O4. The molecule has 4 atom stereocenters.